The normalized spacial score (nSPS) is 19.1. The molecule has 0 aliphatic carbocycles. The quantitative estimate of drug-likeness (QED) is 0.510. The molecule has 4 rings (SSSR count). The largest absolute Gasteiger partial charge is 0.454 e. The first-order valence-corrected chi connectivity index (χ1v) is 11.1. The molecule has 32 heavy (non-hydrogen) atoms. The van der Waals surface area contributed by atoms with E-state index in [1.807, 2.05) is 29.2 Å². The van der Waals surface area contributed by atoms with Crippen LogP contribution < -0.4 is 14.8 Å². The number of rotatable bonds is 6. The first-order chi connectivity index (χ1) is 15.3. The Morgan fingerprint density at radius 2 is 1.88 bits per heavy atom. The molecule has 2 aliphatic heterocycles. The van der Waals surface area contributed by atoms with Crippen LogP contribution in [-0.2, 0) is 4.79 Å². The summed E-state index contributed by atoms with van der Waals surface area (Å²) < 4.78 is 10.8. The standard InChI is InChI=1S/C24H29N3O5/c1-15(2)17-6-8-18(9-7-17)25-24(28)23(26-10-4-5-16(3)13-26)19-11-21-22(32-14-31-21)12-20(19)27(29)30/h6-9,11-12,15-16,23H,4-5,10,13-14H2,1-3H3,(H,25,28)/t16-,23-/m1/s1. The van der Waals surface area contributed by atoms with E-state index >= 15 is 0 Å². The van der Waals surface area contributed by atoms with Crippen molar-refractivity contribution in [2.24, 2.45) is 5.92 Å². The lowest BCUT2D eigenvalue weighted by Crippen LogP contribution is -2.43. The van der Waals surface area contributed by atoms with E-state index < -0.39 is 11.0 Å². The fraction of sp³-hybridized carbons (Fsp3) is 0.458. The number of carbonyl (C=O) groups is 1. The van der Waals surface area contributed by atoms with Crippen molar-refractivity contribution in [2.45, 2.75) is 45.6 Å². The van der Waals surface area contributed by atoms with E-state index in [4.69, 9.17) is 9.47 Å². The third-order valence-corrected chi connectivity index (χ3v) is 6.16. The Bertz CT molecular complexity index is 1010. The molecule has 170 valence electrons. The van der Waals surface area contributed by atoms with Gasteiger partial charge in [0.1, 0.15) is 6.04 Å². The predicted molar refractivity (Wildman–Crippen MR) is 121 cm³/mol. The van der Waals surface area contributed by atoms with Crippen LogP contribution in [0.25, 0.3) is 0 Å². The predicted octanol–water partition coefficient (Wildman–Crippen LogP) is 4.86. The van der Waals surface area contributed by atoms with E-state index in [0.717, 1.165) is 12.8 Å². The summed E-state index contributed by atoms with van der Waals surface area (Å²) in [7, 11) is 0. The number of nitro groups is 1. The van der Waals surface area contributed by atoms with Crippen LogP contribution in [0, 0.1) is 16.0 Å². The number of ether oxygens (including phenoxy) is 2. The minimum Gasteiger partial charge on any atom is -0.454 e. The second kappa shape index (κ2) is 9.16. The van der Waals surface area contributed by atoms with Gasteiger partial charge in [-0.05, 0) is 55.0 Å². The molecule has 8 heteroatoms. The average molecular weight is 440 g/mol. The molecule has 2 aromatic rings. The van der Waals surface area contributed by atoms with Gasteiger partial charge in [-0.25, -0.2) is 0 Å². The molecule has 1 fully saturated rings. The number of nitro benzene ring substituents is 1. The molecule has 2 aliphatic rings. The molecule has 0 aromatic heterocycles. The van der Waals surface area contributed by atoms with Crippen molar-refractivity contribution in [3.63, 3.8) is 0 Å². The molecule has 1 N–H and O–H groups in total. The number of nitrogens with zero attached hydrogens (tertiary/aromatic N) is 2. The van der Waals surface area contributed by atoms with E-state index in [2.05, 4.69) is 26.1 Å². The van der Waals surface area contributed by atoms with Crippen LogP contribution in [0.5, 0.6) is 11.5 Å². The molecule has 1 saturated heterocycles. The highest BCUT2D eigenvalue weighted by molar-refractivity contribution is 5.96. The van der Waals surface area contributed by atoms with Crippen LogP contribution in [-0.4, -0.2) is 35.6 Å². The van der Waals surface area contributed by atoms with Gasteiger partial charge >= 0.3 is 0 Å². The molecule has 0 bridgehead atoms. The van der Waals surface area contributed by atoms with Gasteiger partial charge in [0.2, 0.25) is 12.7 Å². The van der Waals surface area contributed by atoms with Gasteiger partial charge in [0, 0.05) is 12.2 Å². The summed E-state index contributed by atoms with van der Waals surface area (Å²) in [6.07, 6.45) is 2.01. The summed E-state index contributed by atoms with van der Waals surface area (Å²) in [5, 5.41) is 14.9. The minimum atomic E-state index is -0.808. The van der Waals surface area contributed by atoms with Crippen molar-refractivity contribution in [1.29, 1.82) is 0 Å². The second-order valence-electron chi connectivity index (χ2n) is 8.93. The van der Waals surface area contributed by atoms with Crippen LogP contribution in [0.2, 0.25) is 0 Å². The molecule has 2 aromatic carbocycles. The summed E-state index contributed by atoms with van der Waals surface area (Å²) in [5.74, 6) is 1.25. The van der Waals surface area contributed by atoms with E-state index in [-0.39, 0.29) is 18.4 Å². The maximum atomic E-state index is 13.6. The number of hydrogen-bond donors (Lipinski definition) is 1. The molecule has 0 spiro atoms. The van der Waals surface area contributed by atoms with Gasteiger partial charge in [0.15, 0.2) is 11.5 Å². The van der Waals surface area contributed by atoms with Crippen LogP contribution in [0.3, 0.4) is 0 Å². The number of nitrogens with one attached hydrogen (secondary N) is 1. The summed E-state index contributed by atoms with van der Waals surface area (Å²) in [6.45, 7) is 7.76. The van der Waals surface area contributed by atoms with Crippen LogP contribution in [0.1, 0.15) is 56.7 Å². The Labute approximate surface area is 187 Å². The van der Waals surface area contributed by atoms with Gasteiger partial charge in [-0.1, -0.05) is 32.9 Å². The van der Waals surface area contributed by atoms with Gasteiger partial charge < -0.3 is 14.8 Å². The topological polar surface area (TPSA) is 93.9 Å². The van der Waals surface area contributed by atoms with Gasteiger partial charge in [-0.15, -0.1) is 0 Å². The lowest BCUT2D eigenvalue weighted by Gasteiger charge is -2.36. The zero-order valence-electron chi connectivity index (χ0n) is 18.7. The highest BCUT2D eigenvalue weighted by Crippen LogP contribution is 2.42. The monoisotopic (exact) mass is 439 g/mol. The summed E-state index contributed by atoms with van der Waals surface area (Å²) >= 11 is 0. The molecule has 8 nitrogen and oxygen atoms in total. The van der Waals surface area contributed by atoms with Gasteiger partial charge in [0.05, 0.1) is 16.6 Å². The van der Waals surface area contributed by atoms with Crippen molar-refractivity contribution < 1.29 is 19.2 Å². The lowest BCUT2D eigenvalue weighted by atomic mass is 9.94. The molecule has 0 unspecified atom stereocenters. The molecule has 2 heterocycles. The number of likely N-dealkylation sites (tertiary alicyclic amines) is 1. The molecular weight excluding hydrogens is 410 g/mol. The highest BCUT2D eigenvalue weighted by Gasteiger charge is 2.37. The summed E-state index contributed by atoms with van der Waals surface area (Å²) in [6, 6.07) is 9.86. The van der Waals surface area contributed by atoms with Crippen molar-refractivity contribution in [3.8, 4) is 11.5 Å². The zero-order valence-corrected chi connectivity index (χ0v) is 18.7. The number of fused-ring (bicyclic) bond motifs is 1. The van der Waals surface area contributed by atoms with E-state index in [1.54, 1.807) is 6.07 Å². The van der Waals surface area contributed by atoms with Crippen LogP contribution in [0.4, 0.5) is 11.4 Å². The SMILES string of the molecule is CC(C)c1ccc(NC(=O)[C@@H](c2cc3c(cc2[N+](=O)[O-])OCO3)N2CCC[C@@H](C)C2)cc1. The number of amides is 1. The second-order valence-corrected chi connectivity index (χ2v) is 8.93. The fourth-order valence-corrected chi connectivity index (χ4v) is 4.45. The van der Waals surface area contributed by atoms with Crippen molar-refractivity contribution in [2.75, 3.05) is 25.2 Å². The molecule has 2 atom stereocenters. The Morgan fingerprint density at radius 1 is 1.19 bits per heavy atom. The number of carbonyl (C=O) groups excluding carboxylic acids is 1. The molecule has 1 amide bonds. The Hall–Kier alpha value is -3.13. The zero-order chi connectivity index (χ0) is 22.8. The Kier molecular flexibility index (Phi) is 6.32. The first-order valence-electron chi connectivity index (χ1n) is 11.1. The maximum absolute atomic E-state index is 13.6. The summed E-state index contributed by atoms with van der Waals surface area (Å²) in [5.41, 5.74) is 2.03. The van der Waals surface area contributed by atoms with Gasteiger partial charge in [-0.2, -0.15) is 0 Å². The maximum Gasteiger partial charge on any atom is 0.278 e. The van der Waals surface area contributed by atoms with Crippen LogP contribution >= 0.6 is 0 Å². The van der Waals surface area contributed by atoms with Gasteiger partial charge in [0.25, 0.3) is 5.69 Å². The minimum absolute atomic E-state index is 0.00967. The number of piperidine rings is 1. The van der Waals surface area contributed by atoms with E-state index in [9.17, 15) is 14.9 Å². The number of benzene rings is 2. The average Bonchev–Trinajstić information content (AvgIpc) is 3.21. The first kappa shape index (κ1) is 22.1. The van der Waals surface area contributed by atoms with E-state index in [0.29, 0.717) is 47.7 Å². The van der Waals surface area contributed by atoms with Gasteiger partial charge in [-0.3, -0.25) is 19.8 Å². The third kappa shape index (κ3) is 4.55. The van der Waals surface area contributed by atoms with Crippen LogP contribution in [0.15, 0.2) is 36.4 Å². The fourth-order valence-electron chi connectivity index (χ4n) is 4.45. The highest BCUT2D eigenvalue weighted by atomic mass is 16.7. The van der Waals surface area contributed by atoms with Crippen molar-refractivity contribution >= 4 is 17.3 Å². The number of anilines is 1. The molecule has 0 saturated carbocycles. The lowest BCUT2D eigenvalue weighted by molar-refractivity contribution is -0.386. The van der Waals surface area contributed by atoms with E-state index in [1.165, 1.54) is 11.6 Å². The smallest absolute Gasteiger partial charge is 0.278 e. The Balaban J connectivity index is 1.71. The molecule has 0 radical (unpaired) electrons. The third-order valence-electron chi connectivity index (χ3n) is 6.16. The van der Waals surface area contributed by atoms with Crippen molar-refractivity contribution in [3.05, 3.63) is 57.6 Å². The summed E-state index contributed by atoms with van der Waals surface area (Å²) in [4.78, 5) is 27.1. The Morgan fingerprint density at radius 3 is 2.50 bits per heavy atom. The molecular formula is C24H29N3O5. The van der Waals surface area contributed by atoms with Crippen molar-refractivity contribution in [1.82, 2.24) is 4.90 Å². The number of hydrogen-bond acceptors (Lipinski definition) is 6.